The molecular formula is C12H26N2O. The first-order chi connectivity index (χ1) is 7.31. The summed E-state index contributed by atoms with van der Waals surface area (Å²) in [7, 11) is 1.92. The average molecular weight is 214 g/mol. The first-order valence-corrected chi connectivity index (χ1v) is 6.34. The summed E-state index contributed by atoms with van der Waals surface area (Å²) in [5.74, 6) is 0. The molecule has 0 heterocycles. The zero-order valence-corrected chi connectivity index (χ0v) is 10.2. The summed E-state index contributed by atoms with van der Waals surface area (Å²) in [6.07, 6.45) is 6.60. The third-order valence-corrected chi connectivity index (χ3v) is 3.64. The third-order valence-electron chi connectivity index (χ3n) is 3.64. The van der Waals surface area contributed by atoms with Crippen LogP contribution in [-0.2, 0) is 0 Å². The van der Waals surface area contributed by atoms with Crippen LogP contribution in [0.5, 0.6) is 0 Å². The lowest BCUT2D eigenvalue weighted by molar-refractivity contribution is 0.178. The van der Waals surface area contributed by atoms with Crippen molar-refractivity contribution in [3.05, 3.63) is 0 Å². The molecule has 0 aromatic rings. The minimum atomic E-state index is 0.249. The van der Waals surface area contributed by atoms with Gasteiger partial charge in [0.15, 0.2) is 0 Å². The lowest BCUT2D eigenvalue weighted by atomic mass is 10.1. The van der Waals surface area contributed by atoms with Gasteiger partial charge < -0.3 is 15.3 Å². The number of nitrogens with zero attached hydrogens (tertiary/aromatic N) is 1. The van der Waals surface area contributed by atoms with Crippen LogP contribution in [0.1, 0.15) is 39.0 Å². The van der Waals surface area contributed by atoms with Crippen LogP contribution >= 0.6 is 0 Å². The molecule has 0 amide bonds. The molecule has 15 heavy (non-hydrogen) atoms. The summed E-state index contributed by atoms with van der Waals surface area (Å²) in [6, 6.07) is 1.08. The van der Waals surface area contributed by atoms with Crippen molar-refractivity contribution in [2.24, 2.45) is 0 Å². The molecule has 1 aliphatic rings. The zero-order valence-electron chi connectivity index (χ0n) is 10.2. The SMILES string of the molecule is CCN(CCC(CO)NC)C1CCCC1. The second-order valence-corrected chi connectivity index (χ2v) is 4.52. The van der Waals surface area contributed by atoms with E-state index in [-0.39, 0.29) is 12.6 Å². The predicted octanol–water partition coefficient (Wildman–Crippen LogP) is 1.22. The minimum Gasteiger partial charge on any atom is -0.395 e. The van der Waals surface area contributed by atoms with E-state index in [0.717, 1.165) is 25.6 Å². The van der Waals surface area contributed by atoms with E-state index in [0.29, 0.717) is 0 Å². The van der Waals surface area contributed by atoms with Crippen molar-refractivity contribution >= 4 is 0 Å². The molecule has 0 aromatic carbocycles. The molecule has 2 N–H and O–H groups in total. The Morgan fingerprint density at radius 1 is 1.40 bits per heavy atom. The smallest absolute Gasteiger partial charge is 0.0585 e. The van der Waals surface area contributed by atoms with Crippen molar-refractivity contribution < 1.29 is 5.11 Å². The van der Waals surface area contributed by atoms with Crippen molar-refractivity contribution in [2.75, 3.05) is 26.7 Å². The monoisotopic (exact) mass is 214 g/mol. The lowest BCUT2D eigenvalue weighted by Gasteiger charge is -2.28. The fourth-order valence-electron chi connectivity index (χ4n) is 2.52. The maximum absolute atomic E-state index is 9.10. The van der Waals surface area contributed by atoms with Crippen molar-refractivity contribution in [3.63, 3.8) is 0 Å². The standard InChI is InChI=1S/C12H26N2O/c1-3-14(12-6-4-5-7-12)9-8-11(10-15)13-2/h11-13,15H,3-10H2,1-2H3. The third kappa shape index (κ3) is 4.09. The van der Waals surface area contributed by atoms with Crippen LogP contribution in [0.3, 0.4) is 0 Å². The Bertz CT molecular complexity index is 154. The number of rotatable bonds is 7. The molecular weight excluding hydrogens is 188 g/mol. The highest BCUT2D eigenvalue weighted by molar-refractivity contribution is 4.78. The Kier molecular flexibility index (Phi) is 6.22. The fraction of sp³-hybridized carbons (Fsp3) is 1.00. The molecule has 3 nitrogen and oxygen atoms in total. The molecule has 1 fully saturated rings. The highest BCUT2D eigenvalue weighted by Crippen LogP contribution is 2.23. The number of hydrogen-bond donors (Lipinski definition) is 2. The highest BCUT2D eigenvalue weighted by Gasteiger charge is 2.21. The second kappa shape index (κ2) is 7.20. The summed E-state index contributed by atoms with van der Waals surface area (Å²) in [4.78, 5) is 2.58. The first kappa shape index (κ1) is 12.9. The Labute approximate surface area is 93.9 Å². The maximum Gasteiger partial charge on any atom is 0.0585 e. The molecule has 0 bridgehead atoms. The van der Waals surface area contributed by atoms with Gasteiger partial charge in [-0.1, -0.05) is 19.8 Å². The molecule has 3 heteroatoms. The molecule has 1 rings (SSSR count). The normalized spacial score (nSPS) is 20.0. The summed E-state index contributed by atoms with van der Waals surface area (Å²) >= 11 is 0. The van der Waals surface area contributed by atoms with Crippen molar-refractivity contribution in [1.82, 2.24) is 10.2 Å². The van der Waals surface area contributed by atoms with Crippen LogP contribution in [-0.4, -0.2) is 48.8 Å². The van der Waals surface area contributed by atoms with Gasteiger partial charge in [0, 0.05) is 12.1 Å². The van der Waals surface area contributed by atoms with Gasteiger partial charge >= 0.3 is 0 Å². The van der Waals surface area contributed by atoms with Crippen LogP contribution in [0.15, 0.2) is 0 Å². The van der Waals surface area contributed by atoms with Crippen LogP contribution < -0.4 is 5.32 Å². The number of aliphatic hydroxyl groups is 1. The summed E-state index contributed by atoms with van der Waals surface area (Å²) < 4.78 is 0. The maximum atomic E-state index is 9.10. The average Bonchev–Trinajstić information content (AvgIpc) is 2.78. The van der Waals surface area contributed by atoms with E-state index in [9.17, 15) is 0 Å². The van der Waals surface area contributed by atoms with E-state index < -0.39 is 0 Å². The summed E-state index contributed by atoms with van der Waals surface area (Å²) in [5.41, 5.74) is 0. The van der Waals surface area contributed by atoms with Crippen molar-refractivity contribution in [3.8, 4) is 0 Å². The highest BCUT2D eigenvalue weighted by atomic mass is 16.3. The van der Waals surface area contributed by atoms with Crippen LogP contribution in [0.4, 0.5) is 0 Å². The minimum absolute atomic E-state index is 0.249. The first-order valence-electron chi connectivity index (χ1n) is 6.34. The molecule has 1 atom stereocenters. The van der Waals surface area contributed by atoms with Crippen LogP contribution in [0, 0.1) is 0 Å². The zero-order chi connectivity index (χ0) is 11.1. The van der Waals surface area contributed by atoms with Crippen molar-refractivity contribution in [1.29, 1.82) is 0 Å². The molecule has 0 aliphatic heterocycles. The quantitative estimate of drug-likeness (QED) is 0.669. The Hall–Kier alpha value is -0.120. The van der Waals surface area contributed by atoms with E-state index in [1.54, 1.807) is 0 Å². The molecule has 90 valence electrons. The Morgan fingerprint density at radius 2 is 2.07 bits per heavy atom. The van der Waals surface area contributed by atoms with Crippen molar-refractivity contribution in [2.45, 2.75) is 51.1 Å². The molecule has 0 spiro atoms. The molecule has 0 saturated heterocycles. The lowest BCUT2D eigenvalue weighted by Crippen LogP contribution is -2.38. The Balaban J connectivity index is 2.26. The predicted molar refractivity (Wildman–Crippen MR) is 64.1 cm³/mol. The summed E-state index contributed by atoms with van der Waals surface area (Å²) in [6.45, 7) is 4.75. The van der Waals surface area contributed by atoms with Crippen LogP contribution in [0.25, 0.3) is 0 Å². The fourth-order valence-corrected chi connectivity index (χ4v) is 2.52. The van der Waals surface area contributed by atoms with Gasteiger partial charge in [0.05, 0.1) is 6.61 Å². The van der Waals surface area contributed by atoms with Gasteiger partial charge in [-0.15, -0.1) is 0 Å². The number of nitrogens with one attached hydrogen (secondary N) is 1. The van der Waals surface area contributed by atoms with Gasteiger partial charge in [-0.3, -0.25) is 0 Å². The van der Waals surface area contributed by atoms with E-state index in [1.165, 1.54) is 25.7 Å². The molecule has 0 aromatic heterocycles. The van der Waals surface area contributed by atoms with Gasteiger partial charge in [0.2, 0.25) is 0 Å². The number of hydrogen-bond acceptors (Lipinski definition) is 3. The number of aliphatic hydroxyl groups excluding tert-OH is 1. The van der Waals surface area contributed by atoms with Gasteiger partial charge in [0.1, 0.15) is 0 Å². The summed E-state index contributed by atoms with van der Waals surface area (Å²) in [5, 5.41) is 12.2. The van der Waals surface area contributed by atoms with Gasteiger partial charge in [0.25, 0.3) is 0 Å². The van der Waals surface area contributed by atoms with Gasteiger partial charge in [-0.2, -0.15) is 0 Å². The molecule has 1 saturated carbocycles. The van der Waals surface area contributed by atoms with Gasteiger partial charge in [-0.25, -0.2) is 0 Å². The molecule has 1 aliphatic carbocycles. The molecule has 0 radical (unpaired) electrons. The largest absolute Gasteiger partial charge is 0.395 e. The van der Waals surface area contributed by atoms with E-state index >= 15 is 0 Å². The van der Waals surface area contributed by atoms with E-state index in [4.69, 9.17) is 5.11 Å². The molecule has 1 unspecified atom stereocenters. The number of likely N-dealkylation sites (N-methyl/N-ethyl adjacent to an activating group) is 1. The van der Waals surface area contributed by atoms with E-state index in [1.807, 2.05) is 7.05 Å². The Morgan fingerprint density at radius 3 is 2.53 bits per heavy atom. The van der Waals surface area contributed by atoms with Crippen LogP contribution in [0.2, 0.25) is 0 Å². The van der Waals surface area contributed by atoms with Gasteiger partial charge in [-0.05, 0) is 39.4 Å². The second-order valence-electron chi connectivity index (χ2n) is 4.52. The van der Waals surface area contributed by atoms with E-state index in [2.05, 4.69) is 17.1 Å². The topological polar surface area (TPSA) is 35.5 Å².